The second-order valence-corrected chi connectivity index (χ2v) is 15.3. The molecule has 0 spiro atoms. The molecule has 0 atom stereocenters. The minimum absolute atomic E-state index is 0.612. The highest BCUT2D eigenvalue weighted by atomic mass is 15.0. The van der Waals surface area contributed by atoms with Crippen LogP contribution in [0.25, 0.3) is 106 Å². The number of hydrogen-bond acceptors (Lipinski definition) is 3. The molecule has 4 heteroatoms. The summed E-state index contributed by atoms with van der Waals surface area (Å²) in [6, 6.07) is 81.3. The molecule has 2 heterocycles. The zero-order valence-electron chi connectivity index (χ0n) is 33.2. The predicted molar refractivity (Wildman–Crippen MR) is 252 cm³/mol. The molecule has 0 bridgehead atoms. The van der Waals surface area contributed by atoms with Crippen molar-refractivity contribution in [2.24, 2.45) is 0 Å². The van der Waals surface area contributed by atoms with Gasteiger partial charge in [-0.1, -0.05) is 200 Å². The van der Waals surface area contributed by atoms with Crippen LogP contribution in [-0.2, 0) is 0 Å². The number of rotatable bonds is 8. The molecular formula is C57H38N4. The Morgan fingerprint density at radius 2 is 0.574 bits per heavy atom. The summed E-state index contributed by atoms with van der Waals surface area (Å²) in [6.07, 6.45) is 0. The molecule has 0 unspecified atom stereocenters. The van der Waals surface area contributed by atoms with Gasteiger partial charge < -0.3 is 4.57 Å². The zero-order valence-corrected chi connectivity index (χ0v) is 33.2. The van der Waals surface area contributed by atoms with Gasteiger partial charge in [-0.15, -0.1) is 0 Å². The lowest BCUT2D eigenvalue weighted by molar-refractivity contribution is 1.07. The first kappa shape index (κ1) is 35.9. The third kappa shape index (κ3) is 6.96. The highest BCUT2D eigenvalue weighted by Crippen LogP contribution is 2.38. The Labute approximate surface area is 354 Å². The average Bonchev–Trinajstić information content (AvgIpc) is 3.68. The van der Waals surface area contributed by atoms with Crippen molar-refractivity contribution in [3.8, 4) is 84.4 Å². The molecule has 0 saturated heterocycles. The van der Waals surface area contributed by atoms with E-state index in [1.54, 1.807) is 0 Å². The van der Waals surface area contributed by atoms with E-state index in [4.69, 9.17) is 15.0 Å². The predicted octanol–water partition coefficient (Wildman–Crippen LogP) is 14.6. The van der Waals surface area contributed by atoms with E-state index in [2.05, 4.69) is 223 Å². The molecular weight excluding hydrogens is 741 g/mol. The van der Waals surface area contributed by atoms with Gasteiger partial charge in [-0.25, -0.2) is 15.0 Å². The molecule has 9 aromatic carbocycles. The van der Waals surface area contributed by atoms with E-state index in [1.807, 2.05) is 12.1 Å². The molecule has 2 aromatic heterocycles. The maximum Gasteiger partial charge on any atom is 0.164 e. The van der Waals surface area contributed by atoms with E-state index in [9.17, 15) is 0 Å². The van der Waals surface area contributed by atoms with Crippen molar-refractivity contribution >= 4 is 21.8 Å². The van der Waals surface area contributed by atoms with Crippen LogP contribution < -0.4 is 0 Å². The fourth-order valence-corrected chi connectivity index (χ4v) is 8.37. The summed E-state index contributed by atoms with van der Waals surface area (Å²) in [5, 5.41) is 2.35. The molecule has 0 amide bonds. The smallest absolute Gasteiger partial charge is 0.164 e. The van der Waals surface area contributed by atoms with Crippen LogP contribution in [0.4, 0.5) is 0 Å². The summed E-state index contributed by atoms with van der Waals surface area (Å²) >= 11 is 0. The van der Waals surface area contributed by atoms with Gasteiger partial charge in [-0.2, -0.15) is 0 Å². The van der Waals surface area contributed by atoms with Gasteiger partial charge in [0.1, 0.15) is 0 Å². The molecule has 0 radical (unpaired) electrons. The molecule has 0 aliphatic carbocycles. The Bertz CT molecular complexity index is 3150. The normalized spacial score (nSPS) is 11.3. The van der Waals surface area contributed by atoms with Crippen LogP contribution in [0.2, 0.25) is 0 Å². The van der Waals surface area contributed by atoms with Crippen molar-refractivity contribution in [2.45, 2.75) is 0 Å². The topological polar surface area (TPSA) is 43.6 Å². The molecule has 0 fully saturated rings. The van der Waals surface area contributed by atoms with E-state index in [1.165, 1.54) is 27.6 Å². The number of benzene rings is 9. The quantitative estimate of drug-likeness (QED) is 0.154. The van der Waals surface area contributed by atoms with Gasteiger partial charge in [0.05, 0.1) is 11.0 Å². The molecule has 0 saturated carbocycles. The number of fused-ring (bicyclic) bond motifs is 3. The van der Waals surface area contributed by atoms with Crippen molar-refractivity contribution in [1.82, 2.24) is 19.5 Å². The number of hydrogen-bond donors (Lipinski definition) is 0. The lowest BCUT2D eigenvalue weighted by atomic mass is 9.98. The van der Waals surface area contributed by atoms with E-state index in [0.717, 1.165) is 61.1 Å². The summed E-state index contributed by atoms with van der Waals surface area (Å²) in [5.74, 6) is 1.85. The first-order chi connectivity index (χ1) is 30.2. The van der Waals surface area contributed by atoms with Crippen LogP contribution in [0.5, 0.6) is 0 Å². The summed E-state index contributed by atoms with van der Waals surface area (Å²) in [4.78, 5) is 15.5. The van der Waals surface area contributed by atoms with Crippen LogP contribution >= 0.6 is 0 Å². The Morgan fingerprint density at radius 3 is 1.05 bits per heavy atom. The summed E-state index contributed by atoms with van der Waals surface area (Å²) < 4.78 is 2.39. The van der Waals surface area contributed by atoms with Gasteiger partial charge in [0, 0.05) is 33.2 Å². The molecule has 0 aliphatic rings. The van der Waals surface area contributed by atoms with Gasteiger partial charge in [0.2, 0.25) is 0 Å². The number of para-hydroxylation sites is 1. The third-order valence-electron chi connectivity index (χ3n) is 11.5. The van der Waals surface area contributed by atoms with Crippen LogP contribution in [0.15, 0.2) is 231 Å². The summed E-state index contributed by atoms with van der Waals surface area (Å²) in [5.41, 5.74) is 15.3. The molecule has 0 N–H and O–H groups in total. The Kier molecular flexibility index (Phi) is 9.14. The fourth-order valence-electron chi connectivity index (χ4n) is 8.37. The first-order valence-corrected chi connectivity index (χ1v) is 20.6. The van der Waals surface area contributed by atoms with E-state index in [0.29, 0.717) is 17.5 Å². The Morgan fingerprint density at radius 1 is 0.230 bits per heavy atom. The van der Waals surface area contributed by atoms with Crippen LogP contribution in [0.3, 0.4) is 0 Å². The zero-order chi connectivity index (χ0) is 40.5. The first-order valence-electron chi connectivity index (χ1n) is 20.6. The number of nitrogens with zero attached hydrogens (tertiary/aromatic N) is 4. The highest BCUT2D eigenvalue weighted by molar-refractivity contribution is 6.10. The Balaban J connectivity index is 1.09. The van der Waals surface area contributed by atoms with Crippen LogP contribution in [-0.4, -0.2) is 19.5 Å². The van der Waals surface area contributed by atoms with Crippen LogP contribution in [0, 0.1) is 0 Å². The maximum absolute atomic E-state index is 5.21. The van der Waals surface area contributed by atoms with Crippen molar-refractivity contribution in [2.75, 3.05) is 0 Å². The van der Waals surface area contributed by atoms with E-state index < -0.39 is 0 Å². The minimum atomic E-state index is 0.612. The van der Waals surface area contributed by atoms with Gasteiger partial charge in [-0.3, -0.25) is 0 Å². The minimum Gasteiger partial charge on any atom is -0.309 e. The highest BCUT2D eigenvalue weighted by Gasteiger charge is 2.18. The number of aromatic nitrogens is 4. The molecule has 0 aliphatic heterocycles. The van der Waals surface area contributed by atoms with Gasteiger partial charge >= 0.3 is 0 Å². The molecule has 61 heavy (non-hydrogen) atoms. The lowest BCUT2D eigenvalue weighted by Gasteiger charge is -2.14. The standard InChI is InChI=1S/C57H38N4/c1-5-15-39(16-6-1)43-25-29-45(30-26-43)55-58-56(46-31-27-44(28-32-46)40-17-7-2-8-18-40)60-57(59-55)47-33-34-52-51-23-13-14-24-53(51)61(54(52)38-47)50-36-48(41-19-9-3-10-20-41)35-49(37-50)42-21-11-4-12-22-42/h1-38H. The second-order valence-electron chi connectivity index (χ2n) is 15.3. The monoisotopic (exact) mass is 778 g/mol. The van der Waals surface area contributed by atoms with Crippen molar-refractivity contribution in [1.29, 1.82) is 0 Å². The Hall–Kier alpha value is -8.21. The summed E-state index contributed by atoms with van der Waals surface area (Å²) in [6.45, 7) is 0. The van der Waals surface area contributed by atoms with Gasteiger partial charge in [0.25, 0.3) is 0 Å². The van der Waals surface area contributed by atoms with Crippen molar-refractivity contribution in [3.63, 3.8) is 0 Å². The SMILES string of the molecule is c1ccc(-c2ccc(-c3nc(-c4ccc(-c5ccccc5)cc4)nc(-c4ccc5c6ccccc6n(-c6cc(-c7ccccc7)cc(-c7ccccc7)c6)c5c4)n3)cc2)cc1. The fraction of sp³-hybridized carbons (Fsp3) is 0. The third-order valence-corrected chi connectivity index (χ3v) is 11.5. The van der Waals surface area contributed by atoms with E-state index in [-0.39, 0.29) is 0 Å². The van der Waals surface area contributed by atoms with Crippen LogP contribution in [0.1, 0.15) is 0 Å². The molecule has 4 nitrogen and oxygen atoms in total. The largest absolute Gasteiger partial charge is 0.309 e. The molecule has 286 valence electrons. The molecule has 11 rings (SSSR count). The van der Waals surface area contributed by atoms with Gasteiger partial charge in [-0.05, 0) is 74.8 Å². The summed E-state index contributed by atoms with van der Waals surface area (Å²) in [7, 11) is 0. The second kappa shape index (κ2) is 15.5. The van der Waals surface area contributed by atoms with Gasteiger partial charge in [0.15, 0.2) is 17.5 Å². The maximum atomic E-state index is 5.21. The lowest BCUT2D eigenvalue weighted by Crippen LogP contribution is -2.01. The van der Waals surface area contributed by atoms with Crippen molar-refractivity contribution in [3.05, 3.63) is 231 Å². The van der Waals surface area contributed by atoms with Crippen molar-refractivity contribution < 1.29 is 0 Å². The average molecular weight is 779 g/mol. The molecule has 11 aromatic rings. The van der Waals surface area contributed by atoms with E-state index >= 15 is 0 Å².